The Hall–Kier alpha value is -1.42. The van der Waals surface area contributed by atoms with E-state index in [-0.39, 0.29) is 16.7 Å². The molecule has 4 heteroatoms. The van der Waals surface area contributed by atoms with Gasteiger partial charge in [0.05, 0.1) is 4.92 Å². The Labute approximate surface area is 120 Å². The van der Waals surface area contributed by atoms with E-state index in [1.54, 1.807) is 18.2 Å². The summed E-state index contributed by atoms with van der Waals surface area (Å²) in [6.07, 6.45) is 8.50. The predicted octanol–water partition coefficient (Wildman–Crippen LogP) is 4.36. The summed E-state index contributed by atoms with van der Waals surface area (Å²) >= 11 is 0. The molecule has 20 heavy (non-hydrogen) atoms. The third-order valence-corrected chi connectivity index (χ3v) is 4.10. The molecule has 0 radical (unpaired) electrons. The van der Waals surface area contributed by atoms with Crippen molar-refractivity contribution in [1.82, 2.24) is 5.32 Å². The molecule has 1 atom stereocenters. The first-order valence-corrected chi connectivity index (χ1v) is 7.71. The largest absolute Gasteiger partial charge is 0.307 e. The molecule has 2 rings (SSSR count). The first-order chi connectivity index (χ1) is 9.70. The zero-order chi connectivity index (χ0) is 14.4. The highest BCUT2D eigenvalue weighted by Crippen LogP contribution is 2.26. The molecule has 1 N–H and O–H groups in total. The quantitative estimate of drug-likeness (QED) is 0.620. The van der Waals surface area contributed by atoms with Crippen LogP contribution in [0.2, 0.25) is 0 Å². The molecular weight excluding hydrogens is 252 g/mol. The Morgan fingerprint density at radius 2 is 2.10 bits per heavy atom. The van der Waals surface area contributed by atoms with E-state index in [0.717, 1.165) is 18.4 Å². The summed E-state index contributed by atoms with van der Waals surface area (Å²) in [5, 5.41) is 14.6. The minimum Gasteiger partial charge on any atom is -0.307 e. The molecule has 4 nitrogen and oxygen atoms in total. The van der Waals surface area contributed by atoms with Crippen LogP contribution in [0.25, 0.3) is 0 Å². The summed E-state index contributed by atoms with van der Waals surface area (Å²) in [6, 6.07) is 7.88. The van der Waals surface area contributed by atoms with Gasteiger partial charge in [-0.3, -0.25) is 10.1 Å². The van der Waals surface area contributed by atoms with Gasteiger partial charge < -0.3 is 5.32 Å². The monoisotopic (exact) mass is 276 g/mol. The SMILES string of the molecule is CCCC(NC1CCCCC1)c1cccc([N+](=O)[O-])c1. The third-order valence-electron chi connectivity index (χ3n) is 4.10. The zero-order valence-electron chi connectivity index (χ0n) is 12.2. The summed E-state index contributed by atoms with van der Waals surface area (Å²) < 4.78 is 0. The number of nitrogens with one attached hydrogen (secondary N) is 1. The van der Waals surface area contributed by atoms with Crippen molar-refractivity contribution in [2.45, 2.75) is 64.0 Å². The van der Waals surface area contributed by atoms with E-state index in [1.165, 1.54) is 32.1 Å². The van der Waals surface area contributed by atoms with E-state index in [1.807, 2.05) is 6.07 Å². The molecule has 0 saturated heterocycles. The average Bonchev–Trinajstić information content (AvgIpc) is 2.48. The van der Waals surface area contributed by atoms with Crippen molar-refractivity contribution >= 4 is 5.69 Å². The van der Waals surface area contributed by atoms with Crippen LogP contribution in [-0.2, 0) is 0 Å². The standard InChI is InChI=1S/C16H24N2O2/c1-2-7-16(17-14-9-4-3-5-10-14)13-8-6-11-15(12-13)18(19)20/h6,8,11-12,14,16-17H,2-5,7,9-10H2,1H3. The van der Waals surface area contributed by atoms with Crippen LogP contribution in [0, 0.1) is 10.1 Å². The molecule has 110 valence electrons. The van der Waals surface area contributed by atoms with Crippen molar-refractivity contribution in [3.8, 4) is 0 Å². The number of hydrogen-bond acceptors (Lipinski definition) is 3. The topological polar surface area (TPSA) is 55.2 Å². The van der Waals surface area contributed by atoms with Gasteiger partial charge in [-0.05, 0) is 24.8 Å². The summed E-state index contributed by atoms with van der Waals surface area (Å²) in [5.74, 6) is 0. The lowest BCUT2D eigenvalue weighted by atomic mass is 9.93. The molecule has 1 unspecified atom stereocenters. The molecule has 1 aromatic carbocycles. The maximum absolute atomic E-state index is 10.9. The molecule has 1 aromatic rings. The van der Waals surface area contributed by atoms with Crippen LogP contribution in [-0.4, -0.2) is 11.0 Å². The van der Waals surface area contributed by atoms with Crippen molar-refractivity contribution in [2.24, 2.45) is 0 Å². The van der Waals surface area contributed by atoms with E-state index in [9.17, 15) is 10.1 Å². The van der Waals surface area contributed by atoms with Crippen LogP contribution in [0.3, 0.4) is 0 Å². The maximum atomic E-state index is 10.9. The van der Waals surface area contributed by atoms with Gasteiger partial charge in [-0.1, -0.05) is 44.7 Å². The van der Waals surface area contributed by atoms with Crippen molar-refractivity contribution in [2.75, 3.05) is 0 Å². The Morgan fingerprint density at radius 3 is 2.75 bits per heavy atom. The molecule has 0 heterocycles. The van der Waals surface area contributed by atoms with Crippen molar-refractivity contribution in [1.29, 1.82) is 0 Å². The smallest absolute Gasteiger partial charge is 0.269 e. The van der Waals surface area contributed by atoms with E-state index < -0.39 is 0 Å². The number of rotatable bonds is 6. The van der Waals surface area contributed by atoms with Crippen molar-refractivity contribution < 1.29 is 4.92 Å². The molecular formula is C16H24N2O2. The average molecular weight is 276 g/mol. The first-order valence-electron chi connectivity index (χ1n) is 7.71. The van der Waals surface area contributed by atoms with Gasteiger partial charge in [-0.2, -0.15) is 0 Å². The van der Waals surface area contributed by atoms with Gasteiger partial charge in [-0.25, -0.2) is 0 Å². The maximum Gasteiger partial charge on any atom is 0.269 e. The fourth-order valence-corrected chi connectivity index (χ4v) is 3.04. The normalized spacial score (nSPS) is 17.9. The van der Waals surface area contributed by atoms with Gasteiger partial charge >= 0.3 is 0 Å². The molecule has 0 spiro atoms. The number of nitro groups is 1. The predicted molar refractivity (Wildman–Crippen MR) is 80.8 cm³/mol. The number of nitro benzene ring substituents is 1. The Kier molecular flexibility index (Phi) is 5.53. The van der Waals surface area contributed by atoms with E-state index >= 15 is 0 Å². The van der Waals surface area contributed by atoms with E-state index in [0.29, 0.717) is 6.04 Å². The lowest BCUT2D eigenvalue weighted by Crippen LogP contribution is -2.34. The highest BCUT2D eigenvalue weighted by molar-refractivity contribution is 5.35. The van der Waals surface area contributed by atoms with Crippen molar-refractivity contribution in [3.63, 3.8) is 0 Å². The Bertz CT molecular complexity index is 442. The van der Waals surface area contributed by atoms with Gasteiger partial charge in [0, 0.05) is 24.2 Å². The van der Waals surface area contributed by atoms with Crippen LogP contribution in [0.15, 0.2) is 24.3 Å². The van der Waals surface area contributed by atoms with Gasteiger partial charge in [0.25, 0.3) is 5.69 Å². The molecule has 0 amide bonds. The molecule has 1 saturated carbocycles. The highest BCUT2D eigenvalue weighted by Gasteiger charge is 2.20. The van der Waals surface area contributed by atoms with Crippen LogP contribution >= 0.6 is 0 Å². The number of non-ortho nitro benzene ring substituents is 1. The molecule has 1 fully saturated rings. The Morgan fingerprint density at radius 1 is 1.35 bits per heavy atom. The summed E-state index contributed by atoms with van der Waals surface area (Å²) in [7, 11) is 0. The van der Waals surface area contributed by atoms with Gasteiger partial charge in [0.1, 0.15) is 0 Å². The number of benzene rings is 1. The minimum atomic E-state index is -0.312. The third kappa shape index (κ3) is 4.04. The second-order valence-corrected chi connectivity index (χ2v) is 5.69. The lowest BCUT2D eigenvalue weighted by molar-refractivity contribution is -0.384. The molecule has 0 bridgehead atoms. The van der Waals surface area contributed by atoms with Crippen molar-refractivity contribution in [3.05, 3.63) is 39.9 Å². The number of hydrogen-bond donors (Lipinski definition) is 1. The number of nitrogens with zero attached hydrogens (tertiary/aromatic N) is 1. The second-order valence-electron chi connectivity index (χ2n) is 5.69. The minimum absolute atomic E-state index is 0.189. The molecule has 1 aliphatic rings. The molecule has 0 aliphatic heterocycles. The zero-order valence-corrected chi connectivity index (χ0v) is 12.2. The van der Waals surface area contributed by atoms with Crippen LogP contribution in [0.5, 0.6) is 0 Å². The first kappa shape index (κ1) is 15.0. The summed E-state index contributed by atoms with van der Waals surface area (Å²) in [6.45, 7) is 2.16. The fourth-order valence-electron chi connectivity index (χ4n) is 3.04. The molecule has 0 aromatic heterocycles. The van der Waals surface area contributed by atoms with Crippen LogP contribution in [0.1, 0.15) is 63.5 Å². The Balaban J connectivity index is 2.10. The van der Waals surface area contributed by atoms with Crippen LogP contribution < -0.4 is 5.32 Å². The van der Waals surface area contributed by atoms with E-state index in [2.05, 4.69) is 12.2 Å². The van der Waals surface area contributed by atoms with Crippen LogP contribution in [0.4, 0.5) is 5.69 Å². The van der Waals surface area contributed by atoms with E-state index in [4.69, 9.17) is 0 Å². The van der Waals surface area contributed by atoms with Gasteiger partial charge in [-0.15, -0.1) is 0 Å². The molecule has 1 aliphatic carbocycles. The second kappa shape index (κ2) is 7.39. The lowest BCUT2D eigenvalue weighted by Gasteiger charge is -2.28. The van der Waals surface area contributed by atoms with Gasteiger partial charge in [0.15, 0.2) is 0 Å². The summed E-state index contributed by atoms with van der Waals surface area (Å²) in [4.78, 5) is 10.6. The van der Waals surface area contributed by atoms with Gasteiger partial charge in [0.2, 0.25) is 0 Å². The summed E-state index contributed by atoms with van der Waals surface area (Å²) in [5.41, 5.74) is 1.24. The highest BCUT2D eigenvalue weighted by atomic mass is 16.6. The fraction of sp³-hybridized carbons (Fsp3) is 0.625.